The Morgan fingerprint density at radius 2 is 1.81 bits per heavy atom. The number of rotatable bonds is 8. The van der Waals surface area contributed by atoms with Crippen LogP contribution in [-0.4, -0.2) is 74.1 Å². The van der Waals surface area contributed by atoms with Crippen molar-refractivity contribution in [2.75, 3.05) is 58.2 Å². The molecule has 2 aliphatic heterocycles. The van der Waals surface area contributed by atoms with Crippen molar-refractivity contribution in [2.24, 2.45) is 0 Å². The summed E-state index contributed by atoms with van der Waals surface area (Å²) in [6, 6.07) is 15.5. The number of carbonyl (C=O) groups is 1. The predicted octanol–water partition coefficient (Wildman–Crippen LogP) is 2.48. The standard InChI is InChI=1S/C26H27N5O5/c1-33-12-13-34-26(32)19(15-27)24-25(29-21-5-3-2-4-20(21)28-24)31-10-8-30(9-11-31)16-18-6-7-22-23(14-18)36-17-35-22/h2-7,14,19H,8-13,16-17H2,1H3/t19-/m1/s1. The Morgan fingerprint density at radius 1 is 1.06 bits per heavy atom. The van der Waals surface area contributed by atoms with Crippen LogP contribution < -0.4 is 14.4 Å². The van der Waals surface area contributed by atoms with Gasteiger partial charge in [-0.15, -0.1) is 0 Å². The zero-order valence-corrected chi connectivity index (χ0v) is 20.1. The number of esters is 1. The van der Waals surface area contributed by atoms with E-state index >= 15 is 0 Å². The minimum atomic E-state index is -1.18. The Labute approximate surface area is 209 Å². The summed E-state index contributed by atoms with van der Waals surface area (Å²) < 4.78 is 21.1. The molecule has 10 nitrogen and oxygen atoms in total. The van der Waals surface area contributed by atoms with Crippen molar-refractivity contribution < 1.29 is 23.7 Å². The Balaban J connectivity index is 1.34. The van der Waals surface area contributed by atoms with E-state index in [9.17, 15) is 10.1 Å². The number of piperazine rings is 1. The molecule has 0 N–H and O–H groups in total. The van der Waals surface area contributed by atoms with Crippen LogP contribution in [-0.2, 0) is 20.8 Å². The lowest BCUT2D eigenvalue weighted by Gasteiger charge is -2.36. The Bertz CT molecular complexity index is 1290. The highest BCUT2D eigenvalue weighted by molar-refractivity contribution is 5.85. The van der Waals surface area contributed by atoms with Gasteiger partial charge in [0.25, 0.3) is 0 Å². The van der Waals surface area contributed by atoms with Crippen molar-refractivity contribution in [2.45, 2.75) is 12.5 Å². The number of para-hydroxylation sites is 2. The van der Waals surface area contributed by atoms with Crippen molar-refractivity contribution >= 4 is 22.8 Å². The van der Waals surface area contributed by atoms with Gasteiger partial charge in [-0.1, -0.05) is 18.2 Å². The normalized spacial score (nSPS) is 16.1. The van der Waals surface area contributed by atoms with Crippen molar-refractivity contribution in [1.82, 2.24) is 14.9 Å². The highest BCUT2D eigenvalue weighted by Crippen LogP contribution is 2.33. The number of methoxy groups -OCH3 is 1. The summed E-state index contributed by atoms with van der Waals surface area (Å²) in [5.41, 5.74) is 2.82. The summed E-state index contributed by atoms with van der Waals surface area (Å²) >= 11 is 0. The molecule has 186 valence electrons. The Kier molecular flexibility index (Phi) is 7.11. The quantitative estimate of drug-likeness (QED) is 0.346. The maximum Gasteiger partial charge on any atom is 0.329 e. The molecule has 5 rings (SSSR count). The minimum absolute atomic E-state index is 0.0718. The number of benzene rings is 2. The predicted molar refractivity (Wildman–Crippen MR) is 131 cm³/mol. The second kappa shape index (κ2) is 10.8. The Morgan fingerprint density at radius 3 is 2.56 bits per heavy atom. The van der Waals surface area contributed by atoms with Gasteiger partial charge in [-0.25, -0.2) is 9.97 Å². The fourth-order valence-electron chi connectivity index (χ4n) is 4.38. The van der Waals surface area contributed by atoms with Gasteiger partial charge in [0, 0.05) is 39.8 Å². The minimum Gasteiger partial charge on any atom is -0.462 e. The van der Waals surface area contributed by atoms with E-state index in [1.54, 1.807) is 0 Å². The van der Waals surface area contributed by atoms with Crippen LogP contribution in [0.15, 0.2) is 42.5 Å². The smallest absolute Gasteiger partial charge is 0.329 e. The lowest BCUT2D eigenvalue weighted by molar-refractivity contribution is -0.145. The average molecular weight is 490 g/mol. The summed E-state index contributed by atoms with van der Waals surface area (Å²) in [5, 5.41) is 9.88. The summed E-state index contributed by atoms with van der Waals surface area (Å²) in [7, 11) is 1.52. The molecule has 0 spiro atoms. The van der Waals surface area contributed by atoms with E-state index in [-0.39, 0.29) is 20.0 Å². The molecule has 0 unspecified atom stereocenters. The molecule has 3 aromatic rings. The van der Waals surface area contributed by atoms with Gasteiger partial charge in [0.15, 0.2) is 23.2 Å². The van der Waals surface area contributed by atoms with E-state index in [0.29, 0.717) is 35.6 Å². The molecule has 10 heteroatoms. The number of hydrogen-bond donors (Lipinski definition) is 0. The summed E-state index contributed by atoms with van der Waals surface area (Å²) in [4.78, 5) is 26.7. The lowest BCUT2D eigenvalue weighted by atomic mass is 10.1. The third-order valence-corrected chi connectivity index (χ3v) is 6.26. The number of hydrogen-bond acceptors (Lipinski definition) is 10. The van der Waals surface area contributed by atoms with Crippen LogP contribution in [0.4, 0.5) is 5.82 Å². The third kappa shape index (κ3) is 5.03. The molecule has 1 saturated heterocycles. The third-order valence-electron chi connectivity index (χ3n) is 6.26. The molecule has 0 amide bonds. The molecule has 1 fully saturated rings. The highest BCUT2D eigenvalue weighted by atomic mass is 16.7. The van der Waals surface area contributed by atoms with Gasteiger partial charge >= 0.3 is 5.97 Å². The fraction of sp³-hybridized carbons (Fsp3) is 0.385. The van der Waals surface area contributed by atoms with E-state index in [4.69, 9.17) is 28.9 Å². The maximum absolute atomic E-state index is 12.7. The SMILES string of the molecule is COCCOC(=O)[C@H](C#N)c1nc2ccccc2nc1N1CCN(Cc2ccc3c(c2)OCO3)CC1. The number of nitriles is 1. The number of carbonyl (C=O) groups excluding carboxylic acids is 1. The van der Waals surface area contributed by atoms with Crippen molar-refractivity contribution in [1.29, 1.82) is 5.26 Å². The van der Waals surface area contributed by atoms with E-state index in [0.717, 1.165) is 36.7 Å². The molecule has 3 heterocycles. The Hall–Kier alpha value is -3.94. The van der Waals surface area contributed by atoms with E-state index in [2.05, 4.69) is 21.9 Å². The molecule has 1 atom stereocenters. The van der Waals surface area contributed by atoms with Gasteiger partial charge in [0.2, 0.25) is 6.79 Å². The molecule has 0 saturated carbocycles. The van der Waals surface area contributed by atoms with Gasteiger partial charge in [-0.3, -0.25) is 9.69 Å². The van der Waals surface area contributed by atoms with Crippen LogP contribution in [0.3, 0.4) is 0 Å². The number of fused-ring (bicyclic) bond motifs is 2. The zero-order chi connectivity index (χ0) is 24.9. The molecule has 0 bridgehead atoms. The zero-order valence-electron chi connectivity index (χ0n) is 20.1. The summed E-state index contributed by atoms with van der Waals surface area (Å²) in [6.45, 7) is 4.32. The van der Waals surface area contributed by atoms with Crippen LogP contribution in [0.5, 0.6) is 11.5 Å². The first-order valence-electron chi connectivity index (χ1n) is 11.8. The van der Waals surface area contributed by atoms with Gasteiger partial charge in [0.1, 0.15) is 12.3 Å². The largest absolute Gasteiger partial charge is 0.462 e. The van der Waals surface area contributed by atoms with Crippen LogP contribution >= 0.6 is 0 Å². The number of aromatic nitrogens is 2. The highest BCUT2D eigenvalue weighted by Gasteiger charge is 2.31. The van der Waals surface area contributed by atoms with Crippen molar-refractivity contribution in [3.8, 4) is 17.6 Å². The first-order chi connectivity index (χ1) is 17.7. The van der Waals surface area contributed by atoms with Crippen molar-refractivity contribution in [3.05, 3.63) is 53.7 Å². The van der Waals surface area contributed by atoms with E-state index in [1.165, 1.54) is 7.11 Å². The summed E-state index contributed by atoms with van der Waals surface area (Å²) in [6.07, 6.45) is 0. The number of anilines is 1. The molecule has 2 aliphatic rings. The molecule has 0 radical (unpaired) electrons. The molecular formula is C26H27N5O5. The lowest BCUT2D eigenvalue weighted by Crippen LogP contribution is -2.46. The van der Waals surface area contributed by atoms with E-state index in [1.807, 2.05) is 36.4 Å². The van der Waals surface area contributed by atoms with Gasteiger partial charge < -0.3 is 23.8 Å². The van der Waals surface area contributed by atoms with E-state index < -0.39 is 11.9 Å². The van der Waals surface area contributed by atoms with Gasteiger partial charge in [-0.2, -0.15) is 5.26 Å². The monoisotopic (exact) mass is 489 g/mol. The van der Waals surface area contributed by atoms with Crippen LogP contribution in [0.25, 0.3) is 11.0 Å². The van der Waals surface area contributed by atoms with Crippen molar-refractivity contribution in [3.63, 3.8) is 0 Å². The number of ether oxygens (including phenoxy) is 4. The first kappa shape index (κ1) is 23.8. The molecule has 0 aliphatic carbocycles. The van der Waals surface area contributed by atoms with Crippen LogP contribution in [0.2, 0.25) is 0 Å². The summed E-state index contributed by atoms with van der Waals surface area (Å²) in [5.74, 6) is 0.273. The van der Waals surface area contributed by atoms with Gasteiger partial charge in [0.05, 0.1) is 23.7 Å². The molecule has 2 aromatic carbocycles. The second-order valence-electron chi connectivity index (χ2n) is 8.59. The van der Waals surface area contributed by atoms with Gasteiger partial charge in [-0.05, 0) is 29.8 Å². The molecular weight excluding hydrogens is 462 g/mol. The molecule has 36 heavy (non-hydrogen) atoms. The average Bonchev–Trinajstić information content (AvgIpc) is 3.37. The van der Waals surface area contributed by atoms with Crippen LogP contribution in [0.1, 0.15) is 17.2 Å². The molecule has 1 aromatic heterocycles. The topological polar surface area (TPSA) is 110 Å². The second-order valence-corrected chi connectivity index (χ2v) is 8.59. The maximum atomic E-state index is 12.7. The fourth-order valence-corrected chi connectivity index (χ4v) is 4.38. The number of nitrogens with zero attached hydrogens (tertiary/aromatic N) is 5. The van der Waals surface area contributed by atoms with Crippen LogP contribution in [0, 0.1) is 11.3 Å². The first-order valence-corrected chi connectivity index (χ1v) is 11.8.